The molecular formula is C11H16BrNO2S2. The fourth-order valence-corrected chi connectivity index (χ4v) is 3.66. The lowest BCUT2D eigenvalue weighted by atomic mass is 10.0. The number of carbonyl (C=O) groups excluding carboxylic acids is 1. The molecule has 0 radical (unpaired) electrons. The van der Waals surface area contributed by atoms with Gasteiger partial charge >= 0.3 is 0 Å². The van der Waals surface area contributed by atoms with Gasteiger partial charge in [-0.15, -0.1) is 0 Å². The van der Waals surface area contributed by atoms with Crippen molar-refractivity contribution >= 4 is 50.1 Å². The van der Waals surface area contributed by atoms with E-state index >= 15 is 0 Å². The third-order valence-corrected chi connectivity index (χ3v) is 4.43. The van der Waals surface area contributed by atoms with Crippen molar-refractivity contribution in [2.24, 2.45) is 5.92 Å². The molecule has 1 saturated heterocycles. The molecule has 0 aromatic heterocycles. The van der Waals surface area contributed by atoms with Gasteiger partial charge in [0.2, 0.25) is 5.91 Å². The number of carbonyl (C=O) groups is 1. The van der Waals surface area contributed by atoms with Gasteiger partial charge in [-0.1, -0.05) is 53.8 Å². The average Bonchev–Trinajstić information content (AvgIpc) is 2.60. The topological polar surface area (TPSA) is 40.5 Å². The maximum absolute atomic E-state index is 12.1. The molecule has 2 atom stereocenters. The Labute approximate surface area is 120 Å². The molecule has 0 spiro atoms. The summed E-state index contributed by atoms with van der Waals surface area (Å²) < 4.78 is 0.628. The first-order chi connectivity index (χ1) is 7.97. The summed E-state index contributed by atoms with van der Waals surface area (Å²) in [5.74, 6) is 1.12. The van der Waals surface area contributed by atoms with Gasteiger partial charge in [-0.25, -0.2) is 0 Å². The second-order valence-electron chi connectivity index (χ2n) is 4.24. The van der Waals surface area contributed by atoms with Crippen LogP contribution in [0.25, 0.3) is 0 Å². The van der Waals surface area contributed by atoms with Crippen molar-refractivity contribution in [3.8, 4) is 0 Å². The number of amides is 1. The Kier molecular flexibility index (Phi) is 6.12. The summed E-state index contributed by atoms with van der Waals surface area (Å²) in [6, 6.07) is 0.153. The van der Waals surface area contributed by atoms with Gasteiger partial charge < -0.3 is 5.11 Å². The van der Waals surface area contributed by atoms with Gasteiger partial charge in [0.15, 0.2) is 0 Å². The maximum atomic E-state index is 12.1. The molecule has 0 aromatic rings. The highest BCUT2D eigenvalue weighted by atomic mass is 79.9. The summed E-state index contributed by atoms with van der Waals surface area (Å²) in [5, 5.41) is 9.58. The van der Waals surface area contributed by atoms with Gasteiger partial charge in [-0.3, -0.25) is 9.69 Å². The minimum Gasteiger partial charge on any atom is -0.388 e. The maximum Gasteiger partial charge on any atom is 0.231 e. The number of nitrogens with zero attached hydrogens (tertiary/aromatic N) is 1. The first-order valence-corrected chi connectivity index (χ1v) is 7.72. The Morgan fingerprint density at radius 1 is 1.76 bits per heavy atom. The standard InChI is InChI=1S/C11H16BrNO2S2/c1-7(2)9-6-17-11(16)13(9)10(15)5-8(14)3-4-12/h3-4,7-9,14H,5-6H2,1-2H3/b4-3+/t8-,9?/m1/s1. The van der Waals surface area contributed by atoms with Crippen molar-refractivity contribution in [1.29, 1.82) is 0 Å². The fraction of sp³-hybridized carbons (Fsp3) is 0.636. The predicted molar refractivity (Wildman–Crippen MR) is 79.2 cm³/mol. The van der Waals surface area contributed by atoms with Gasteiger partial charge in [-0.05, 0) is 17.0 Å². The molecule has 1 aliphatic heterocycles. The normalized spacial score (nSPS) is 22.8. The van der Waals surface area contributed by atoms with E-state index in [9.17, 15) is 9.90 Å². The molecular weight excluding hydrogens is 322 g/mol. The molecule has 1 amide bonds. The number of thioether (sulfide) groups is 1. The van der Waals surface area contributed by atoms with Gasteiger partial charge in [0.25, 0.3) is 0 Å². The van der Waals surface area contributed by atoms with E-state index in [0.29, 0.717) is 10.2 Å². The van der Waals surface area contributed by atoms with Crippen molar-refractivity contribution in [2.75, 3.05) is 5.75 Å². The zero-order chi connectivity index (χ0) is 13.0. The van der Waals surface area contributed by atoms with E-state index in [1.165, 1.54) is 17.8 Å². The summed E-state index contributed by atoms with van der Waals surface area (Å²) in [5.41, 5.74) is 0. The Morgan fingerprint density at radius 3 is 2.94 bits per heavy atom. The van der Waals surface area contributed by atoms with E-state index < -0.39 is 6.10 Å². The zero-order valence-corrected chi connectivity index (χ0v) is 13.0. The molecule has 1 unspecified atom stereocenters. The quantitative estimate of drug-likeness (QED) is 0.800. The highest BCUT2D eigenvalue weighted by molar-refractivity contribution is 9.11. The van der Waals surface area contributed by atoms with Crippen LogP contribution in [0.2, 0.25) is 0 Å². The van der Waals surface area contributed by atoms with Crippen LogP contribution < -0.4 is 0 Å². The molecule has 96 valence electrons. The predicted octanol–water partition coefficient (Wildman–Crippen LogP) is 2.53. The Balaban J connectivity index is 2.69. The van der Waals surface area contributed by atoms with Crippen LogP contribution >= 0.6 is 39.9 Å². The molecule has 1 heterocycles. The number of halogens is 1. The van der Waals surface area contributed by atoms with E-state index in [-0.39, 0.29) is 18.4 Å². The minimum atomic E-state index is -0.761. The molecule has 0 aromatic carbocycles. The zero-order valence-electron chi connectivity index (χ0n) is 9.80. The van der Waals surface area contributed by atoms with Crippen LogP contribution in [0.5, 0.6) is 0 Å². The SMILES string of the molecule is CC(C)C1CSC(=S)N1C(=O)C[C@H](O)/C=C/Br. The first kappa shape index (κ1) is 15.1. The molecule has 0 aliphatic carbocycles. The van der Waals surface area contributed by atoms with E-state index in [1.807, 2.05) is 0 Å². The van der Waals surface area contributed by atoms with Crippen molar-refractivity contribution in [3.63, 3.8) is 0 Å². The summed E-state index contributed by atoms with van der Waals surface area (Å²) in [6.07, 6.45) is 0.851. The van der Waals surface area contributed by atoms with Gasteiger partial charge in [0, 0.05) is 11.8 Å². The van der Waals surface area contributed by atoms with Crippen LogP contribution in [-0.2, 0) is 4.79 Å². The smallest absolute Gasteiger partial charge is 0.231 e. The lowest BCUT2D eigenvalue weighted by Crippen LogP contribution is -2.42. The van der Waals surface area contributed by atoms with Crippen LogP contribution in [0.1, 0.15) is 20.3 Å². The number of rotatable bonds is 4. The Morgan fingerprint density at radius 2 is 2.41 bits per heavy atom. The highest BCUT2D eigenvalue weighted by Gasteiger charge is 2.35. The van der Waals surface area contributed by atoms with Gasteiger partial charge in [0.1, 0.15) is 4.32 Å². The Bertz CT molecular complexity index is 333. The van der Waals surface area contributed by atoms with E-state index in [0.717, 1.165) is 5.75 Å². The molecule has 1 aliphatic rings. The second kappa shape index (κ2) is 6.87. The van der Waals surface area contributed by atoms with Gasteiger partial charge in [0.05, 0.1) is 12.5 Å². The lowest BCUT2D eigenvalue weighted by molar-refractivity contribution is -0.130. The lowest BCUT2D eigenvalue weighted by Gasteiger charge is -2.26. The molecule has 0 saturated carbocycles. The first-order valence-electron chi connectivity index (χ1n) is 5.41. The van der Waals surface area contributed by atoms with Crippen LogP contribution in [0.15, 0.2) is 11.1 Å². The molecule has 6 heteroatoms. The van der Waals surface area contributed by atoms with Crippen molar-refractivity contribution in [1.82, 2.24) is 4.90 Å². The van der Waals surface area contributed by atoms with Gasteiger partial charge in [-0.2, -0.15) is 0 Å². The van der Waals surface area contributed by atoms with Crippen LogP contribution in [0.4, 0.5) is 0 Å². The monoisotopic (exact) mass is 337 g/mol. The Hall–Kier alpha value is 0.0900. The number of hydrogen-bond donors (Lipinski definition) is 1. The number of thiocarbonyl (C=S) groups is 1. The molecule has 0 bridgehead atoms. The van der Waals surface area contributed by atoms with Crippen molar-refractivity contribution < 1.29 is 9.90 Å². The van der Waals surface area contributed by atoms with Crippen LogP contribution in [0.3, 0.4) is 0 Å². The molecule has 1 N–H and O–H groups in total. The molecule has 1 fully saturated rings. The molecule has 3 nitrogen and oxygen atoms in total. The summed E-state index contributed by atoms with van der Waals surface area (Å²) in [7, 11) is 0. The van der Waals surface area contributed by atoms with Crippen molar-refractivity contribution in [3.05, 3.63) is 11.1 Å². The summed E-state index contributed by atoms with van der Waals surface area (Å²) >= 11 is 9.80. The van der Waals surface area contributed by atoms with E-state index in [4.69, 9.17) is 12.2 Å². The van der Waals surface area contributed by atoms with Crippen molar-refractivity contribution in [2.45, 2.75) is 32.4 Å². The highest BCUT2D eigenvalue weighted by Crippen LogP contribution is 2.29. The summed E-state index contributed by atoms with van der Waals surface area (Å²) in [4.78, 5) is 15.3. The second-order valence-corrected chi connectivity index (χ2v) is 6.42. The number of aliphatic hydroxyl groups is 1. The third-order valence-electron chi connectivity index (χ3n) is 2.62. The van der Waals surface area contributed by atoms with Crippen LogP contribution in [-0.4, -0.2) is 38.1 Å². The molecule has 1 rings (SSSR count). The third kappa shape index (κ3) is 4.05. The summed E-state index contributed by atoms with van der Waals surface area (Å²) in [6.45, 7) is 4.16. The van der Waals surface area contributed by atoms with Crippen LogP contribution in [0, 0.1) is 5.92 Å². The fourth-order valence-electron chi connectivity index (χ4n) is 1.64. The average molecular weight is 338 g/mol. The number of hydrogen-bond acceptors (Lipinski definition) is 4. The largest absolute Gasteiger partial charge is 0.388 e. The minimum absolute atomic E-state index is 0.0754. The molecule has 17 heavy (non-hydrogen) atoms. The number of aliphatic hydroxyl groups excluding tert-OH is 1. The van der Waals surface area contributed by atoms with E-state index in [1.54, 1.807) is 9.89 Å². The van der Waals surface area contributed by atoms with E-state index in [2.05, 4.69) is 29.8 Å².